The maximum atomic E-state index is 6.46. The van der Waals surface area contributed by atoms with Gasteiger partial charge >= 0.3 is 0 Å². The van der Waals surface area contributed by atoms with E-state index >= 15 is 0 Å². The van der Waals surface area contributed by atoms with E-state index in [1.54, 1.807) is 0 Å². The highest BCUT2D eigenvalue weighted by Crippen LogP contribution is 2.37. The minimum absolute atomic E-state index is 0.479. The molecule has 0 aliphatic carbocycles. The van der Waals surface area contributed by atoms with Crippen LogP contribution in [0.1, 0.15) is 54.0 Å². The minimum atomic E-state index is 0.479. The summed E-state index contributed by atoms with van der Waals surface area (Å²) >= 11 is 6.46. The summed E-state index contributed by atoms with van der Waals surface area (Å²) in [7, 11) is 0. The van der Waals surface area contributed by atoms with Crippen LogP contribution in [-0.4, -0.2) is 34.3 Å². The fourth-order valence-corrected chi connectivity index (χ4v) is 5.29. The van der Waals surface area contributed by atoms with Crippen LogP contribution in [0.4, 0.5) is 5.82 Å². The third kappa shape index (κ3) is 4.24. The SMILES string of the molecule is Cc1c(Cl)cccc1-n1nc(C2CCCN(Cc3ccccc3)C2)c2c1NCCCC2. The van der Waals surface area contributed by atoms with Crippen LogP contribution in [0.2, 0.25) is 5.02 Å². The average Bonchev–Trinajstić information content (AvgIpc) is 2.97. The fourth-order valence-electron chi connectivity index (χ4n) is 5.12. The Morgan fingerprint density at radius 2 is 1.94 bits per heavy atom. The van der Waals surface area contributed by atoms with E-state index in [1.807, 2.05) is 12.1 Å². The first-order chi connectivity index (χ1) is 15.2. The Bertz CT molecular complexity index is 1040. The van der Waals surface area contributed by atoms with Gasteiger partial charge in [-0.2, -0.15) is 5.10 Å². The summed E-state index contributed by atoms with van der Waals surface area (Å²) in [5.41, 5.74) is 6.27. The van der Waals surface area contributed by atoms with Gasteiger partial charge in [0.15, 0.2) is 0 Å². The number of hydrogen-bond acceptors (Lipinski definition) is 3. The molecule has 1 unspecified atom stereocenters. The summed E-state index contributed by atoms with van der Waals surface area (Å²) in [4.78, 5) is 2.60. The lowest BCUT2D eigenvalue weighted by Gasteiger charge is -2.32. The smallest absolute Gasteiger partial charge is 0.133 e. The van der Waals surface area contributed by atoms with E-state index in [4.69, 9.17) is 16.7 Å². The molecule has 31 heavy (non-hydrogen) atoms. The molecule has 1 aromatic heterocycles. The van der Waals surface area contributed by atoms with Crippen LogP contribution < -0.4 is 5.32 Å². The zero-order valence-electron chi connectivity index (χ0n) is 18.3. The number of benzene rings is 2. The molecule has 5 heteroatoms. The molecule has 1 N–H and O–H groups in total. The second-order valence-electron chi connectivity index (χ2n) is 8.95. The number of fused-ring (bicyclic) bond motifs is 1. The lowest BCUT2D eigenvalue weighted by Crippen LogP contribution is -2.34. The molecule has 5 rings (SSSR count). The number of likely N-dealkylation sites (tertiary alicyclic amines) is 1. The van der Waals surface area contributed by atoms with Crippen LogP contribution in [0.25, 0.3) is 5.69 Å². The zero-order valence-corrected chi connectivity index (χ0v) is 19.0. The molecular weight excluding hydrogens is 404 g/mol. The van der Waals surface area contributed by atoms with Crippen LogP contribution >= 0.6 is 11.6 Å². The van der Waals surface area contributed by atoms with Crippen molar-refractivity contribution < 1.29 is 0 Å². The van der Waals surface area contributed by atoms with Crippen LogP contribution in [0.3, 0.4) is 0 Å². The highest BCUT2D eigenvalue weighted by atomic mass is 35.5. The van der Waals surface area contributed by atoms with E-state index < -0.39 is 0 Å². The van der Waals surface area contributed by atoms with Crippen molar-refractivity contribution in [2.24, 2.45) is 0 Å². The van der Waals surface area contributed by atoms with Crippen LogP contribution in [-0.2, 0) is 13.0 Å². The van der Waals surface area contributed by atoms with E-state index in [1.165, 1.54) is 54.9 Å². The summed E-state index contributed by atoms with van der Waals surface area (Å²) in [6, 6.07) is 16.9. The molecule has 2 aromatic carbocycles. The molecule has 0 bridgehead atoms. The molecule has 4 nitrogen and oxygen atoms in total. The summed E-state index contributed by atoms with van der Waals surface area (Å²) < 4.78 is 2.13. The number of piperidine rings is 1. The van der Waals surface area contributed by atoms with Crippen molar-refractivity contribution >= 4 is 17.4 Å². The first-order valence-corrected chi connectivity index (χ1v) is 12.0. The van der Waals surface area contributed by atoms with E-state index in [9.17, 15) is 0 Å². The Morgan fingerprint density at radius 1 is 1.06 bits per heavy atom. The number of anilines is 1. The van der Waals surface area contributed by atoms with Crippen molar-refractivity contribution in [2.45, 2.75) is 51.5 Å². The second-order valence-corrected chi connectivity index (χ2v) is 9.36. The predicted octanol–water partition coefficient (Wildman–Crippen LogP) is 5.96. The molecule has 0 spiro atoms. The third-order valence-electron chi connectivity index (χ3n) is 6.77. The molecule has 162 valence electrons. The number of nitrogens with zero attached hydrogens (tertiary/aromatic N) is 3. The van der Waals surface area contributed by atoms with Gasteiger partial charge in [0.25, 0.3) is 0 Å². The normalized spacial score (nSPS) is 19.5. The molecule has 2 aliphatic rings. The Hall–Kier alpha value is -2.30. The monoisotopic (exact) mass is 434 g/mol. The molecule has 1 saturated heterocycles. The van der Waals surface area contributed by atoms with Crippen molar-refractivity contribution in [1.29, 1.82) is 0 Å². The number of halogens is 1. The van der Waals surface area contributed by atoms with E-state index in [0.29, 0.717) is 5.92 Å². The van der Waals surface area contributed by atoms with Gasteiger partial charge in [-0.1, -0.05) is 48.0 Å². The van der Waals surface area contributed by atoms with E-state index in [2.05, 4.69) is 58.2 Å². The molecule has 3 heterocycles. The van der Waals surface area contributed by atoms with Crippen molar-refractivity contribution in [2.75, 3.05) is 25.0 Å². The number of hydrogen-bond donors (Lipinski definition) is 1. The van der Waals surface area contributed by atoms with E-state index in [-0.39, 0.29) is 0 Å². The Kier molecular flexibility index (Phi) is 6.02. The molecule has 0 amide bonds. The second kappa shape index (κ2) is 9.05. The summed E-state index contributed by atoms with van der Waals surface area (Å²) in [6.07, 6.45) is 5.96. The van der Waals surface area contributed by atoms with Crippen molar-refractivity contribution in [1.82, 2.24) is 14.7 Å². The van der Waals surface area contributed by atoms with Gasteiger partial charge in [-0.25, -0.2) is 4.68 Å². The summed E-state index contributed by atoms with van der Waals surface area (Å²) in [6.45, 7) is 6.35. The number of aromatic nitrogens is 2. The maximum Gasteiger partial charge on any atom is 0.133 e. The highest BCUT2D eigenvalue weighted by molar-refractivity contribution is 6.31. The minimum Gasteiger partial charge on any atom is -0.370 e. The fraction of sp³-hybridized carbons (Fsp3) is 0.423. The zero-order chi connectivity index (χ0) is 21.2. The topological polar surface area (TPSA) is 33.1 Å². The largest absolute Gasteiger partial charge is 0.370 e. The van der Waals surface area contributed by atoms with Gasteiger partial charge in [-0.3, -0.25) is 4.90 Å². The maximum absolute atomic E-state index is 6.46. The van der Waals surface area contributed by atoms with Crippen molar-refractivity contribution in [3.63, 3.8) is 0 Å². The Labute approximate surface area is 190 Å². The quantitative estimate of drug-likeness (QED) is 0.549. The third-order valence-corrected chi connectivity index (χ3v) is 7.18. The van der Waals surface area contributed by atoms with Crippen molar-refractivity contribution in [3.05, 3.63) is 75.9 Å². The molecular formula is C26H31ClN4. The van der Waals surface area contributed by atoms with Gasteiger partial charge in [0.05, 0.1) is 11.4 Å². The molecule has 2 aliphatic heterocycles. The van der Waals surface area contributed by atoms with Gasteiger partial charge < -0.3 is 5.32 Å². The average molecular weight is 435 g/mol. The molecule has 1 fully saturated rings. The summed E-state index contributed by atoms with van der Waals surface area (Å²) in [5, 5.41) is 9.73. The molecule has 3 aromatic rings. The lowest BCUT2D eigenvalue weighted by atomic mass is 9.91. The van der Waals surface area contributed by atoms with Gasteiger partial charge in [0.2, 0.25) is 0 Å². The Balaban J connectivity index is 1.48. The van der Waals surface area contributed by atoms with Crippen molar-refractivity contribution in [3.8, 4) is 5.69 Å². The molecule has 1 atom stereocenters. The lowest BCUT2D eigenvalue weighted by molar-refractivity contribution is 0.198. The number of nitrogens with one attached hydrogen (secondary N) is 1. The summed E-state index contributed by atoms with van der Waals surface area (Å²) in [5.74, 6) is 1.66. The first-order valence-electron chi connectivity index (χ1n) is 11.6. The first kappa shape index (κ1) is 20.6. The molecule has 0 radical (unpaired) electrons. The van der Waals surface area contributed by atoms with Gasteiger partial charge in [0, 0.05) is 36.1 Å². The highest BCUT2D eigenvalue weighted by Gasteiger charge is 2.30. The van der Waals surface area contributed by atoms with Crippen LogP contribution in [0.5, 0.6) is 0 Å². The van der Waals surface area contributed by atoms with Gasteiger partial charge in [-0.15, -0.1) is 0 Å². The number of rotatable bonds is 4. The van der Waals surface area contributed by atoms with Gasteiger partial charge in [0.1, 0.15) is 5.82 Å². The molecule has 0 saturated carbocycles. The Morgan fingerprint density at radius 3 is 2.81 bits per heavy atom. The van der Waals surface area contributed by atoms with Crippen LogP contribution in [0, 0.1) is 6.92 Å². The predicted molar refractivity (Wildman–Crippen MR) is 128 cm³/mol. The van der Waals surface area contributed by atoms with Gasteiger partial charge in [-0.05, 0) is 68.8 Å². The van der Waals surface area contributed by atoms with E-state index in [0.717, 1.165) is 42.3 Å². The van der Waals surface area contributed by atoms with Crippen LogP contribution in [0.15, 0.2) is 48.5 Å². The standard InChI is InChI=1S/C26H31ClN4/c1-19-23(27)13-7-14-24(19)31-26-22(12-5-6-15-28-26)25(29-31)21-11-8-16-30(18-21)17-20-9-3-2-4-10-20/h2-4,7,9-10,13-14,21,28H,5-6,8,11-12,15-18H2,1H3.